The van der Waals surface area contributed by atoms with Crippen molar-refractivity contribution in [3.05, 3.63) is 91.2 Å². The minimum absolute atomic E-state index is 0.00431. The minimum Gasteiger partial charge on any atom is -0.385 e. The second kappa shape index (κ2) is 13.1. The lowest BCUT2D eigenvalue weighted by Crippen LogP contribution is -2.62. The number of benzene rings is 2. The van der Waals surface area contributed by atoms with Gasteiger partial charge in [0.15, 0.2) is 0 Å². The van der Waals surface area contributed by atoms with Crippen molar-refractivity contribution >= 4 is 41.3 Å². The fourth-order valence-corrected chi connectivity index (χ4v) is 6.33. The lowest BCUT2D eigenvalue weighted by atomic mass is 9.74. The SMILES string of the molecule is CC(C)[C@H]1C(=O)N2C(C(=O)OC(=O)c3ccc([N+](=O)[O-])cc3)=C(CN3CC[C@H](NC(=O)OC(=O)c4ccc([N+](=O)[O-])cc4)C3)[C@H](C)[C@H]12. The molecule has 2 aromatic carbocycles. The van der Waals surface area contributed by atoms with Crippen molar-refractivity contribution in [3.63, 3.8) is 0 Å². The molecule has 2 fully saturated rings. The Hall–Kier alpha value is -5.51. The highest BCUT2D eigenvalue weighted by Crippen LogP contribution is 2.49. The lowest BCUT2D eigenvalue weighted by Gasteiger charge is -2.47. The molecule has 3 aliphatic rings. The van der Waals surface area contributed by atoms with Crippen LogP contribution in [0.2, 0.25) is 0 Å². The first-order valence-corrected chi connectivity index (χ1v) is 14.8. The quantitative estimate of drug-likeness (QED) is 0.137. The lowest BCUT2D eigenvalue weighted by molar-refractivity contribution is -0.385. The first-order chi connectivity index (χ1) is 22.3. The summed E-state index contributed by atoms with van der Waals surface area (Å²) in [6.07, 6.45) is -0.501. The zero-order valence-electron chi connectivity index (χ0n) is 25.6. The molecule has 16 nitrogen and oxygen atoms in total. The summed E-state index contributed by atoms with van der Waals surface area (Å²) in [5.41, 5.74) is 0.0281. The fourth-order valence-electron chi connectivity index (χ4n) is 6.33. The number of amides is 2. The van der Waals surface area contributed by atoms with Gasteiger partial charge in [-0.2, -0.15) is 0 Å². The first kappa shape index (κ1) is 32.9. The van der Waals surface area contributed by atoms with Crippen LogP contribution in [0.25, 0.3) is 0 Å². The van der Waals surface area contributed by atoms with E-state index in [1.807, 2.05) is 25.7 Å². The van der Waals surface area contributed by atoms with Crippen LogP contribution in [0.1, 0.15) is 47.9 Å². The van der Waals surface area contributed by atoms with Gasteiger partial charge in [-0.25, -0.2) is 19.2 Å². The van der Waals surface area contributed by atoms with Crippen molar-refractivity contribution in [1.29, 1.82) is 0 Å². The van der Waals surface area contributed by atoms with E-state index in [-0.39, 0.29) is 64.4 Å². The van der Waals surface area contributed by atoms with Gasteiger partial charge >= 0.3 is 24.0 Å². The van der Waals surface area contributed by atoms with Crippen LogP contribution in [0.4, 0.5) is 16.2 Å². The molecule has 0 saturated carbocycles. The van der Waals surface area contributed by atoms with Gasteiger partial charge in [-0.1, -0.05) is 20.8 Å². The highest BCUT2D eigenvalue weighted by Gasteiger charge is 2.59. The number of nitro benzene ring substituents is 2. The van der Waals surface area contributed by atoms with E-state index in [0.29, 0.717) is 25.1 Å². The molecule has 0 unspecified atom stereocenters. The number of carbonyl (C=O) groups excluding carboxylic acids is 5. The zero-order chi connectivity index (χ0) is 34.2. The summed E-state index contributed by atoms with van der Waals surface area (Å²) < 4.78 is 10.0. The van der Waals surface area contributed by atoms with Gasteiger partial charge in [-0.15, -0.1) is 0 Å². The van der Waals surface area contributed by atoms with E-state index in [1.54, 1.807) is 0 Å². The van der Waals surface area contributed by atoms with Crippen molar-refractivity contribution < 1.29 is 43.3 Å². The van der Waals surface area contributed by atoms with Gasteiger partial charge in [0.05, 0.1) is 32.9 Å². The second-order valence-electron chi connectivity index (χ2n) is 12.0. The van der Waals surface area contributed by atoms with Gasteiger partial charge in [0.2, 0.25) is 5.91 Å². The van der Waals surface area contributed by atoms with Crippen LogP contribution in [0.5, 0.6) is 0 Å². The number of alkyl carbamates (subject to hydrolysis) is 1. The molecule has 0 spiro atoms. The Morgan fingerprint density at radius 1 is 0.894 bits per heavy atom. The molecule has 2 amide bonds. The topological polar surface area (TPSA) is 209 Å². The number of nitrogens with one attached hydrogen (secondary N) is 1. The molecule has 0 aromatic heterocycles. The second-order valence-corrected chi connectivity index (χ2v) is 12.0. The number of fused-ring (bicyclic) bond motifs is 1. The number of ether oxygens (including phenoxy) is 2. The summed E-state index contributed by atoms with van der Waals surface area (Å²) in [5, 5.41) is 24.4. The van der Waals surface area contributed by atoms with E-state index < -0.39 is 39.9 Å². The summed E-state index contributed by atoms with van der Waals surface area (Å²) in [7, 11) is 0. The third kappa shape index (κ3) is 6.58. The van der Waals surface area contributed by atoms with Crippen LogP contribution in [-0.2, 0) is 19.1 Å². The third-order valence-electron chi connectivity index (χ3n) is 8.69. The largest absolute Gasteiger partial charge is 0.415 e. The van der Waals surface area contributed by atoms with Crippen LogP contribution >= 0.6 is 0 Å². The number of esters is 3. The van der Waals surface area contributed by atoms with E-state index in [1.165, 1.54) is 29.2 Å². The Bertz CT molecular complexity index is 1690. The number of nitrogens with zero attached hydrogens (tertiary/aromatic N) is 4. The van der Waals surface area contributed by atoms with E-state index in [9.17, 15) is 44.2 Å². The van der Waals surface area contributed by atoms with E-state index in [2.05, 4.69) is 5.32 Å². The highest BCUT2D eigenvalue weighted by molar-refractivity contribution is 6.06. The summed E-state index contributed by atoms with van der Waals surface area (Å²) in [6.45, 7) is 6.80. The molecule has 3 heterocycles. The zero-order valence-corrected chi connectivity index (χ0v) is 25.6. The molecule has 5 rings (SSSR count). The van der Waals surface area contributed by atoms with Gasteiger partial charge in [-0.3, -0.25) is 29.9 Å². The van der Waals surface area contributed by atoms with E-state index in [4.69, 9.17) is 9.47 Å². The highest BCUT2D eigenvalue weighted by atomic mass is 16.6. The van der Waals surface area contributed by atoms with Crippen LogP contribution in [0, 0.1) is 38.0 Å². The van der Waals surface area contributed by atoms with E-state index >= 15 is 0 Å². The van der Waals surface area contributed by atoms with Crippen LogP contribution in [0.15, 0.2) is 59.8 Å². The molecular weight excluding hydrogens is 618 g/mol. The Balaban J connectivity index is 1.25. The molecule has 2 saturated heterocycles. The standard InChI is InChI=1S/C31H31N5O11/c1-16(2)24-25-17(3)23(26(34(25)27(24)37)30(40)46-28(38)18-4-8-21(9-5-18)35(42)43)15-33-13-12-20(14-33)32-31(41)47-29(39)19-6-10-22(11-7-19)36(44)45/h4-11,16-17,20,24-25H,12-15H2,1-3H3,(H,32,41)/t17-,20-,24+,25+/m0/s1. The van der Waals surface area contributed by atoms with Gasteiger partial charge < -0.3 is 19.7 Å². The number of carbonyl (C=O) groups is 5. The molecule has 2 aromatic rings. The summed E-state index contributed by atoms with van der Waals surface area (Å²) >= 11 is 0. The predicted molar refractivity (Wildman–Crippen MR) is 161 cm³/mol. The maximum Gasteiger partial charge on any atom is 0.415 e. The number of hydrogen-bond acceptors (Lipinski definition) is 12. The molecular formula is C31H31N5O11. The van der Waals surface area contributed by atoms with Crippen molar-refractivity contribution in [3.8, 4) is 0 Å². The smallest absolute Gasteiger partial charge is 0.385 e. The van der Waals surface area contributed by atoms with Crippen LogP contribution in [-0.4, -0.2) is 81.3 Å². The number of rotatable bonds is 9. The maximum absolute atomic E-state index is 13.5. The maximum atomic E-state index is 13.5. The summed E-state index contributed by atoms with van der Waals surface area (Å²) in [6, 6.07) is 8.48. The number of likely N-dealkylation sites (tertiary alicyclic amines) is 1. The third-order valence-corrected chi connectivity index (χ3v) is 8.69. The molecule has 0 aliphatic carbocycles. The molecule has 16 heteroatoms. The molecule has 0 radical (unpaired) electrons. The Labute approximate surface area is 267 Å². The fraction of sp³-hybridized carbons (Fsp3) is 0.387. The normalized spacial score (nSPS) is 22.0. The molecule has 3 aliphatic heterocycles. The Morgan fingerprint density at radius 2 is 1.43 bits per heavy atom. The molecule has 47 heavy (non-hydrogen) atoms. The minimum atomic E-state index is -1.02. The van der Waals surface area contributed by atoms with Crippen molar-refractivity contribution in [2.45, 2.75) is 39.3 Å². The van der Waals surface area contributed by atoms with Crippen molar-refractivity contribution in [1.82, 2.24) is 15.1 Å². The van der Waals surface area contributed by atoms with Gasteiger partial charge in [-0.05, 0) is 42.2 Å². The monoisotopic (exact) mass is 649 g/mol. The van der Waals surface area contributed by atoms with Gasteiger partial charge in [0.25, 0.3) is 11.4 Å². The Kier molecular flexibility index (Phi) is 9.15. The number of nitro groups is 2. The number of hydrogen-bond donors (Lipinski definition) is 1. The summed E-state index contributed by atoms with van der Waals surface area (Å²) in [4.78, 5) is 88.1. The van der Waals surface area contributed by atoms with Gasteiger partial charge in [0.1, 0.15) is 5.70 Å². The average molecular weight is 650 g/mol. The van der Waals surface area contributed by atoms with Crippen molar-refractivity contribution in [2.75, 3.05) is 19.6 Å². The molecule has 4 atom stereocenters. The van der Waals surface area contributed by atoms with Crippen LogP contribution in [0.3, 0.4) is 0 Å². The molecule has 1 N–H and O–H groups in total. The summed E-state index contributed by atoms with van der Waals surface area (Å²) in [5.74, 6) is -3.81. The Morgan fingerprint density at radius 3 is 1.94 bits per heavy atom. The number of non-ortho nitro benzene ring substituents is 2. The van der Waals surface area contributed by atoms with Crippen molar-refractivity contribution in [2.24, 2.45) is 17.8 Å². The average Bonchev–Trinajstić information content (AvgIpc) is 3.56. The van der Waals surface area contributed by atoms with Gasteiger partial charge in [0, 0.05) is 55.9 Å². The van der Waals surface area contributed by atoms with E-state index in [0.717, 1.165) is 24.3 Å². The predicted octanol–water partition coefficient (Wildman–Crippen LogP) is 3.21. The van der Waals surface area contributed by atoms with Crippen LogP contribution < -0.4 is 5.32 Å². The molecule has 0 bridgehead atoms. The molecule has 246 valence electrons. The number of β-lactam (4-membered cyclic amide) rings is 1. The first-order valence-electron chi connectivity index (χ1n) is 14.8.